The van der Waals surface area contributed by atoms with Gasteiger partial charge in [0.2, 0.25) is 5.91 Å². The molecule has 90 valence electrons. The van der Waals surface area contributed by atoms with Crippen LogP contribution >= 0.6 is 0 Å². The van der Waals surface area contributed by atoms with Crippen molar-refractivity contribution in [3.05, 3.63) is 42.1 Å². The fraction of sp³-hybridized carbons (Fsp3) is 0.143. The normalized spacial score (nSPS) is 9.61. The molecule has 2 rings (SSSR count). The maximum Gasteiger partial charge on any atom is 0.234 e. The third-order valence-corrected chi connectivity index (χ3v) is 2.42. The smallest absolute Gasteiger partial charge is 0.234 e. The number of para-hydroxylation sites is 1. The van der Waals surface area contributed by atoms with E-state index in [1.807, 2.05) is 30.3 Å². The molecule has 0 saturated carbocycles. The van der Waals surface area contributed by atoms with Gasteiger partial charge in [0, 0.05) is 11.6 Å². The fourth-order valence-corrected chi connectivity index (χ4v) is 1.56. The van der Waals surface area contributed by atoms with Crippen LogP contribution in [0.3, 0.4) is 0 Å². The van der Waals surface area contributed by atoms with Crippen LogP contribution in [0.15, 0.2) is 36.5 Å². The van der Waals surface area contributed by atoms with Crippen molar-refractivity contribution in [3.8, 4) is 11.8 Å². The molecule has 2 aromatic rings. The van der Waals surface area contributed by atoms with Crippen molar-refractivity contribution >= 4 is 16.8 Å². The first-order valence-corrected chi connectivity index (χ1v) is 5.60. The number of benzene rings is 1. The zero-order valence-corrected chi connectivity index (χ0v) is 9.81. The summed E-state index contributed by atoms with van der Waals surface area (Å²) in [5.74, 6) is 5.67. The van der Waals surface area contributed by atoms with E-state index in [4.69, 9.17) is 5.73 Å². The number of aromatic nitrogens is 1. The molecule has 0 atom stereocenters. The molecule has 0 unspecified atom stereocenters. The number of hydrogen-bond donors (Lipinski definition) is 2. The predicted molar refractivity (Wildman–Crippen MR) is 70.7 cm³/mol. The van der Waals surface area contributed by atoms with Crippen molar-refractivity contribution in [1.29, 1.82) is 0 Å². The first-order chi connectivity index (χ1) is 8.81. The Balaban J connectivity index is 2.17. The van der Waals surface area contributed by atoms with E-state index in [2.05, 4.69) is 22.1 Å². The zero-order chi connectivity index (χ0) is 12.8. The Morgan fingerprint density at radius 1 is 1.33 bits per heavy atom. The number of hydrogen-bond acceptors (Lipinski definition) is 3. The van der Waals surface area contributed by atoms with Crippen LogP contribution in [0.5, 0.6) is 0 Å². The summed E-state index contributed by atoms with van der Waals surface area (Å²) in [6.07, 6.45) is 1.74. The van der Waals surface area contributed by atoms with Crippen LogP contribution < -0.4 is 11.1 Å². The molecule has 1 aromatic heterocycles. The van der Waals surface area contributed by atoms with E-state index in [9.17, 15) is 4.79 Å². The third-order valence-electron chi connectivity index (χ3n) is 2.42. The molecule has 4 heteroatoms. The molecule has 0 aliphatic carbocycles. The molecule has 0 saturated heterocycles. The topological polar surface area (TPSA) is 68.0 Å². The van der Waals surface area contributed by atoms with Gasteiger partial charge in [-0.3, -0.25) is 9.78 Å². The van der Waals surface area contributed by atoms with Gasteiger partial charge in [-0.25, -0.2) is 0 Å². The molecule has 0 bridgehead atoms. The molecule has 0 aliphatic rings. The lowest BCUT2D eigenvalue weighted by Crippen LogP contribution is -2.30. The molecule has 18 heavy (non-hydrogen) atoms. The van der Waals surface area contributed by atoms with Gasteiger partial charge in [0.15, 0.2) is 0 Å². The van der Waals surface area contributed by atoms with E-state index in [1.54, 1.807) is 6.20 Å². The average molecular weight is 239 g/mol. The second-order valence-electron chi connectivity index (χ2n) is 3.66. The highest BCUT2D eigenvalue weighted by Gasteiger charge is 1.97. The number of pyridine rings is 1. The largest absolute Gasteiger partial charge is 0.344 e. The molecule has 1 amide bonds. The van der Waals surface area contributed by atoms with Crippen LogP contribution in [0.2, 0.25) is 0 Å². The Labute approximate surface area is 105 Å². The van der Waals surface area contributed by atoms with E-state index in [0.29, 0.717) is 6.54 Å². The van der Waals surface area contributed by atoms with Crippen molar-refractivity contribution in [2.45, 2.75) is 0 Å². The molecule has 0 aliphatic heterocycles. The Morgan fingerprint density at radius 3 is 3.00 bits per heavy atom. The van der Waals surface area contributed by atoms with Gasteiger partial charge in [0.1, 0.15) is 0 Å². The number of rotatable bonds is 2. The van der Waals surface area contributed by atoms with Crippen LogP contribution in [-0.4, -0.2) is 24.0 Å². The lowest BCUT2D eigenvalue weighted by Gasteiger charge is -1.98. The Kier molecular flexibility index (Phi) is 3.90. The highest BCUT2D eigenvalue weighted by Crippen LogP contribution is 2.14. The van der Waals surface area contributed by atoms with Crippen molar-refractivity contribution in [1.82, 2.24) is 10.3 Å². The van der Waals surface area contributed by atoms with E-state index < -0.39 is 0 Å². The first-order valence-electron chi connectivity index (χ1n) is 5.60. The standard InChI is InChI=1S/C14H13N3O/c15-10-13(18)16-8-2-6-11-4-1-5-12-7-3-9-17-14(11)12/h1,3-5,7,9H,8,10,15H2,(H,16,18). The van der Waals surface area contributed by atoms with Crippen LogP contribution in [0.1, 0.15) is 5.56 Å². The van der Waals surface area contributed by atoms with Gasteiger partial charge in [-0.05, 0) is 12.1 Å². The van der Waals surface area contributed by atoms with Crippen molar-refractivity contribution < 1.29 is 4.79 Å². The van der Waals surface area contributed by atoms with E-state index >= 15 is 0 Å². The maximum atomic E-state index is 10.9. The van der Waals surface area contributed by atoms with E-state index in [0.717, 1.165) is 16.5 Å². The molecular formula is C14H13N3O. The van der Waals surface area contributed by atoms with Crippen LogP contribution in [0.25, 0.3) is 10.9 Å². The minimum absolute atomic E-state index is 0.0164. The van der Waals surface area contributed by atoms with Crippen LogP contribution in [-0.2, 0) is 4.79 Å². The minimum atomic E-state index is -0.208. The monoisotopic (exact) mass is 239 g/mol. The fourth-order valence-electron chi connectivity index (χ4n) is 1.56. The molecule has 0 radical (unpaired) electrons. The van der Waals surface area contributed by atoms with Crippen molar-refractivity contribution in [3.63, 3.8) is 0 Å². The maximum absolute atomic E-state index is 10.9. The summed E-state index contributed by atoms with van der Waals surface area (Å²) in [4.78, 5) is 15.2. The Hall–Kier alpha value is -2.38. The predicted octanol–water partition coefficient (Wildman–Crippen LogP) is 0.661. The Morgan fingerprint density at radius 2 is 2.17 bits per heavy atom. The van der Waals surface area contributed by atoms with Gasteiger partial charge in [0.25, 0.3) is 0 Å². The molecule has 1 aromatic carbocycles. The zero-order valence-electron chi connectivity index (χ0n) is 9.81. The molecule has 0 spiro atoms. The number of carbonyl (C=O) groups excluding carboxylic acids is 1. The number of carbonyl (C=O) groups is 1. The summed E-state index contributed by atoms with van der Waals surface area (Å²) in [5.41, 5.74) is 6.90. The van der Waals surface area contributed by atoms with Gasteiger partial charge in [-0.1, -0.05) is 30.0 Å². The van der Waals surface area contributed by atoms with Gasteiger partial charge in [-0.15, -0.1) is 0 Å². The lowest BCUT2D eigenvalue weighted by atomic mass is 10.1. The summed E-state index contributed by atoms with van der Waals surface area (Å²) in [5, 5.41) is 3.64. The number of nitrogens with two attached hydrogens (primary N) is 1. The number of nitrogens with zero attached hydrogens (tertiary/aromatic N) is 1. The lowest BCUT2D eigenvalue weighted by molar-refractivity contribution is -0.119. The average Bonchev–Trinajstić information content (AvgIpc) is 2.43. The molecule has 1 heterocycles. The summed E-state index contributed by atoms with van der Waals surface area (Å²) in [6.45, 7) is 0.275. The van der Waals surface area contributed by atoms with E-state index in [-0.39, 0.29) is 12.5 Å². The van der Waals surface area contributed by atoms with Crippen LogP contribution in [0, 0.1) is 11.8 Å². The molecule has 0 fully saturated rings. The van der Waals surface area contributed by atoms with Gasteiger partial charge < -0.3 is 11.1 Å². The molecule has 3 N–H and O–H groups in total. The second-order valence-corrected chi connectivity index (χ2v) is 3.66. The highest BCUT2D eigenvalue weighted by molar-refractivity contribution is 5.84. The summed E-state index contributed by atoms with van der Waals surface area (Å²) in [7, 11) is 0. The first kappa shape index (κ1) is 12.1. The molecule has 4 nitrogen and oxygen atoms in total. The van der Waals surface area contributed by atoms with Gasteiger partial charge in [0.05, 0.1) is 24.2 Å². The SMILES string of the molecule is NCC(=O)NCC#Cc1cccc2cccnc12. The van der Waals surface area contributed by atoms with E-state index in [1.165, 1.54) is 0 Å². The highest BCUT2D eigenvalue weighted by atomic mass is 16.1. The number of fused-ring (bicyclic) bond motifs is 1. The number of amides is 1. The summed E-state index contributed by atoms with van der Waals surface area (Å²) >= 11 is 0. The number of nitrogens with one attached hydrogen (secondary N) is 1. The Bertz CT molecular complexity index is 620. The molecular weight excluding hydrogens is 226 g/mol. The second kappa shape index (κ2) is 5.80. The van der Waals surface area contributed by atoms with Crippen molar-refractivity contribution in [2.24, 2.45) is 5.73 Å². The summed E-state index contributed by atoms with van der Waals surface area (Å²) in [6, 6.07) is 9.72. The summed E-state index contributed by atoms with van der Waals surface area (Å²) < 4.78 is 0. The van der Waals surface area contributed by atoms with Gasteiger partial charge in [-0.2, -0.15) is 0 Å². The third kappa shape index (κ3) is 2.84. The van der Waals surface area contributed by atoms with Crippen molar-refractivity contribution in [2.75, 3.05) is 13.1 Å². The van der Waals surface area contributed by atoms with Crippen LogP contribution in [0.4, 0.5) is 0 Å². The minimum Gasteiger partial charge on any atom is -0.344 e. The van der Waals surface area contributed by atoms with Gasteiger partial charge >= 0.3 is 0 Å². The quantitative estimate of drug-likeness (QED) is 0.756.